The van der Waals surface area contributed by atoms with Gasteiger partial charge in [-0.15, -0.1) is 11.3 Å². The van der Waals surface area contributed by atoms with E-state index in [2.05, 4.69) is 164 Å². The van der Waals surface area contributed by atoms with Gasteiger partial charge in [-0.25, -0.2) is 9.97 Å². The predicted molar refractivity (Wildman–Crippen MR) is 224 cm³/mol. The van der Waals surface area contributed by atoms with Crippen molar-refractivity contribution in [1.29, 1.82) is 0 Å². The van der Waals surface area contributed by atoms with Crippen LogP contribution in [0.2, 0.25) is 0 Å². The summed E-state index contributed by atoms with van der Waals surface area (Å²) in [5.74, 6) is 0.735. The lowest BCUT2D eigenvalue weighted by molar-refractivity contribution is 0.661. The third kappa shape index (κ3) is 4.65. The highest BCUT2D eigenvalue weighted by Gasteiger charge is 2.36. The van der Waals surface area contributed by atoms with E-state index in [-0.39, 0.29) is 5.41 Å². The van der Waals surface area contributed by atoms with Gasteiger partial charge < -0.3 is 4.57 Å². The Balaban J connectivity index is 1.12. The summed E-state index contributed by atoms with van der Waals surface area (Å²) in [4.78, 5) is 10.3. The molecule has 0 radical (unpaired) electrons. The van der Waals surface area contributed by atoms with Crippen molar-refractivity contribution in [2.24, 2.45) is 0 Å². The molecule has 9 aromatic rings. The number of fused-ring (bicyclic) bond motifs is 9. The first-order chi connectivity index (χ1) is 26.0. The highest BCUT2D eigenvalue weighted by molar-refractivity contribution is 7.25. The maximum atomic E-state index is 5.14. The van der Waals surface area contributed by atoms with Crippen molar-refractivity contribution in [3.63, 3.8) is 0 Å². The Hall–Kier alpha value is -6.10. The summed E-state index contributed by atoms with van der Waals surface area (Å²) in [6, 6.07) is 48.9. The summed E-state index contributed by atoms with van der Waals surface area (Å²) in [5, 5.41) is 5.21. The van der Waals surface area contributed by atoms with Crippen LogP contribution in [0.25, 0.3) is 87.0 Å². The summed E-state index contributed by atoms with van der Waals surface area (Å²) >= 11 is 1.88. The lowest BCUT2D eigenvalue weighted by atomic mass is 9.82. The molecule has 4 heteroatoms. The van der Waals surface area contributed by atoms with Gasteiger partial charge in [0.25, 0.3) is 0 Å². The first-order valence-corrected chi connectivity index (χ1v) is 19.3. The van der Waals surface area contributed by atoms with Gasteiger partial charge in [0, 0.05) is 53.2 Å². The Morgan fingerprint density at radius 3 is 2.17 bits per heavy atom. The fourth-order valence-corrected chi connectivity index (χ4v) is 9.87. The van der Waals surface area contributed by atoms with Crippen LogP contribution in [0.1, 0.15) is 43.5 Å². The van der Waals surface area contributed by atoms with E-state index in [1.165, 1.54) is 64.2 Å². The minimum absolute atomic E-state index is 0.0937. The molecule has 3 aromatic heterocycles. The third-order valence-electron chi connectivity index (χ3n) is 11.4. The largest absolute Gasteiger partial charge is 0.309 e. The Morgan fingerprint density at radius 2 is 1.32 bits per heavy atom. The minimum atomic E-state index is -0.0937. The van der Waals surface area contributed by atoms with Crippen molar-refractivity contribution in [2.75, 3.05) is 0 Å². The van der Waals surface area contributed by atoms with Gasteiger partial charge in [-0.05, 0) is 101 Å². The number of aromatic nitrogens is 3. The molecule has 3 heterocycles. The van der Waals surface area contributed by atoms with Gasteiger partial charge in [0.2, 0.25) is 0 Å². The van der Waals surface area contributed by atoms with Crippen molar-refractivity contribution in [3.05, 3.63) is 169 Å². The third-order valence-corrected chi connectivity index (χ3v) is 12.6. The second-order valence-corrected chi connectivity index (χ2v) is 16.0. The second-order valence-electron chi connectivity index (χ2n) is 14.9. The van der Waals surface area contributed by atoms with Gasteiger partial charge >= 0.3 is 0 Å². The topological polar surface area (TPSA) is 30.7 Å². The standard InChI is InChI=1S/C49H35N3S/c1-49(2)40-19-11-9-17-34(40)36-25-37-38-26-39-35-18-10-12-20-46(35)53-47(39)29-45(38)52(44(37)27-41(36)49)33-23-21-32(22-24-33)48-50-42(30-13-5-3-6-14-30)28-43(51-48)31-15-7-4-8-16-31/h3,5-7,9-29H,4,8H2,1-2H3. The molecule has 0 amide bonds. The van der Waals surface area contributed by atoms with E-state index >= 15 is 0 Å². The number of rotatable bonds is 4. The Kier molecular flexibility index (Phi) is 6.59. The summed E-state index contributed by atoms with van der Waals surface area (Å²) in [6.07, 6.45) is 8.82. The Morgan fingerprint density at radius 1 is 0.566 bits per heavy atom. The van der Waals surface area contributed by atoms with Crippen molar-refractivity contribution in [1.82, 2.24) is 14.5 Å². The van der Waals surface area contributed by atoms with Gasteiger partial charge in [-0.2, -0.15) is 0 Å². The molecule has 0 fully saturated rings. The van der Waals surface area contributed by atoms with E-state index in [9.17, 15) is 0 Å². The van der Waals surface area contributed by atoms with Crippen LogP contribution in [0.3, 0.4) is 0 Å². The van der Waals surface area contributed by atoms with Crippen molar-refractivity contribution in [3.8, 4) is 39.5 Å². The highest BCUT2D eigenvalue weighted by atomic mass is 32.1. The van der Waals surface area contributed by atoms with Crippen LogP contribution in [0.5, 0.6) is 0 Å². The lowest BCUT2D eigenvalue weighted by Gasteiger charge is -2.21. The number of allylic oxidation sites excluding steroid dienone is 4. The highest BCUT2D eigenvalue weighted by Crippen LogP contribution is 2.51. The summed E-state index contributed by atoms with van der Waals surface area (Å²) < 4.78 is 5.10. The molecule has 252 valence electrons. The van der Waals surface area contributed by atoms with E-state index in [1.54, 1.807) is 0 Å². The molecule has 0 atom stereocenters. The van der Waals surface area contributed by atoms with Gasteiger partial charge in [0.05, 0.1) is 22.4 Å². The lowest BCUT2D eigenvalue weighted by Crippen LogP contribution is -2.14. The Bertz CT molecular complexity index is 3010. The van der Waals surface area contributed by atoms with Crippen molar-refractivity contribution in [2.45, 2.75) is 32.1 Å². The van der Waals surface area contributed by atoms with Gasteiger partial charge in [-0.3, -0.25) is 0 Å². The zero-order chi connectivity index (χ0) is 35.3. The number of thiophene rings is 1. The first-order valence-electron chi connectivity index (χ1n) is 18.5. The summed E-state index contributed by atoms with van der Waals surface area (Å²) in [7, 11) is 0. The number of nitrogens with zero attached hydrogens (tertiary/aromatic N) is 3. The molecule has 0 N–H and O–H groups in total. The number of hydrogen-bond acceptors (Lipinski definition) is 3. The maximum Gasteiger partial charge on any atom is 0.160 e. The molecule has 0 saturated carbocycles. The van der Waals surface area contributed by atoms with Gasteiger partial charge in [0.15, 0.2) is 5.82 Å². The van der Waals surface area contributed by atoms with Crippen LogP contribution in [0.4, 0.5) is 0 Å². The molecule has 0 saturated heterocycles. The smallest absolute Gasteiger partial charge is 0.160 e. The fraction of sp³-hybridized carbons (Fsp3) is 0.102. The predicted octanol–water partition coefficient (Wildman–Crippen LogP) is 13.3. The van der Waals surface area contributed by atoms with E-state index in [0.29, 0.717) is 0 Å². The quantitative estimate of drug-likeness (QED) is 0.183. The molecular formula is C49H35N3S. The van der Waals surface area contributed by atoms with E-state index in [4.69, 9.17) is 9.97 Å². The first kappa shape index (κ1) is 30.5. The molecule has 2 aliphatic carbocycles. The molecule has 0 aliphatic heterocycles. The van der Waals surface area contributed by atoms with Gasteiger partial charge in [0.1, 0.15) is 0 Å². The average molecular weight is 698 g/mol. The van der Waals surface area contributed by atoms with Crippen LogP contribution in [0, 0.1) is 0 Å². The molecule has 0 spiro atoms. The van der Waals surface area contributed by atoms with Crippen LogP contribution in [-0.4, -0.2) is 14.5 Å². The molecule has 11 rings (SSSR count). The normalized spacial score (nSPS) is 14.6. The zero-order valence-corrected chi connectivity index (χ0v) is 30.4. The Labute approximate surface area is 312 Å². The molecule has 6 aromatic carbocycles. The molecular weight excluding hydrogens is 663 g/mol. The van der Waals surface area contributed by atoms with Crippen molar-refractivity contribution >= 4 is 58.9 Å². The zero-order valence-electron chi connectivity index (χ0n) is 29.6. The van der Waals surface area contributed by atoms with Crippen LogP contribution >= 0.6 is 11.3 Å². The van der Waals surface area contributed by atoms with Crippen LogP contribution in [-0.2, 0) is 5.41 Å². The fourth-order valence-electron chi connectivity index (χ4n) is 8.75. The summed E-state index contributed by atoms with van der Waals surface area (Å²) in [5.41, 5.74) is 14.1. The summed E-state index contributed by atoms with van der Waals surface area (Å²) in [6.45, 7) is 4.73. The van der Waals surface area contributed by atoms with E-state index in [1.807, 2.05) is 17.4 Å². The van der Waals surface area contributed by atoms with Gasteiger partial charge in [-0.1, -0.05) is 105 Å². The number of benzene rings is 6. The van der Waals surface area contributed by atoms with Crippen LogP contribution < -0.4 is 0 Å². The number of hydrogen-bond donors (Lipinski definition) is 0. The maximum absolute atomic E-state index is 5.14. The molecule has 53 heavy (non-hydrogen) atoms. The van der Waals surface area contributed by atoms with E-state index in [0.717, 1.165) is 52.4 Å². The minimum Gasteiger partial charge on any atom is -0.309 e. The second kappa shape index (κ2) is 11.4. The SMILES string of the molecule is CC1(C)c2ccccc2-c2cc3c4cc5c(cc4n(-c4ccc(-c6nc(C7=CCCC=C7)cc(-c7ccccc7)n6)cc4)c3cc21)sc1ccccc15. The molecule has 0 unspecified atom stereocenters. The van der Waals surface area contributed by atoms with E-state index < -0.39 is 0 Å². The van der Waals surface area contributed by atoms with Crippen LogP contribution in [0.15, 0.2) is 152 Å². The molecule has 2 aliphatic rings. The molecule has 3 nitrogen and oxygen atoms in total. The van der Waals surface area contributed by atoms with Crippen molar-refractivity contribution < 1.29 is 0 Å². The molecule has 0 bridgehead atoms. The average Bonchev–Trinajstić information content (AvgIpc) is 3.81. The monoisotopic (exact) mass is 697 g/mol.